The minimum absolute atomic E-state index is 0.677. The third-order valence-electron chi connectivity index (χ3n) is 20.4. The molecule has 0 aromatic rings. The van der Waals surface area contributed by atoms with E-state index in [4.69, 9.17) is 91.7 Å². The Kier molecular flexibility index (Phi) is 77.6. The lowest BCUT2D eigenvalue weighted by Gasteiger charge is -2.36. The Labute approximate surface area is 639 Å². The molecule has 0 heterocycles. The summed E-state index contributed by atoms with van der Waals surface area (Å²) < 4.78 is 0. The summed E-state index contributed by atoms with van der Waals surface area (Å²) in [6, 6.07) is 0. The van der Waals surface area contributed by atoms with Crippen molar-refractivity contribution in [2.24, 2.45) is 91.7 Å². The first-order chi connectivity index (χ1) is 51.0. The summed E-state index contributed by atoms with van der Waals surface area (Å²) in [6.45, 7) is 51.5. The molecule has 0 bridgehead atoms. The molecule has 32 N–H and O–H groups in total. The molecule has 0 aliphatic heterocycles. The van der Waals surface area contributed by atoms with E-state index in [0.717, 1.165) is 378 Å². The third kappa shape index (κ3) is 61.5. The lowest BCUT2D eigenvalue weighted by Crippen LogP contribution is -2.49. The molecule has 30 nitrogen and oxygen atoms in total. The Morgan fingerprint density at radius 3 is 0.173 bits per heavy atom. The zero-order valence-corrected chi connectivity index (χ0v) is 67.8. The SMILES string of the molecule is NCCCN(CCCN)CCN(CCN(CCCN)CCCN)CCN(CCN(CCN(CCCN)CCCN)CCN(CCCN)CCCN)CCN(CCN(CCN(CCCN)CCCN)CCN(CCCN)CCCN)CCN(CCN(CCCN)CCCN)CCN(CCCN)CCCN. The molecular formula is C74H180N30. The van der Waals surface area contributed by atoms with Crippen LogP contribution < -0.4 is 91.7 Å². The molecule has 0 aliphatic carbocycles. The van der Waals surface area contributed by atoms with Crippen LogP contribution in [0.5, 0.6) is 0 Å². The number of nitrogens with two attached hydrogens (primary N) is 16. The Morgan fingerprint density at radius 1 is 0.0769 bits per heavy atom. The van der Waals surface area contributed by atoms with Crippen molar-refractivity contribution < 1.29 is 0 Å². The van der Waals surface area contributed by atoms with Gasteiger partial charge in [0.25, 0.3) is 0 Å². The summed E-state index contributed by atoms with van der Waals surface area (Å²) in [6.07, 6.45) is 15.5. The Balaban J connectivity index is 8.43. The predicted octanol–water partition coefficient (Wildman–Crippen LogP) is -5.20. The van der Waals surface area contributed by atoms with E-state index >= 15 is 0 Å². The second kappa shape index (κ2) is 78.5. The standard InChI is InChI=1S/C74H180N30/c75-17-1-33-91(34-2-18-76)49-57-99(58-50-92(35-3-19-77)36-4-20-78)65-69-103(70-66-100(59-51-93(37-5-21-79)38-6-22-80)60-52-94(39-7-23-81)40-8-24-82)73-74-104(71-67-101(61-53-95(41-9-25-83)42-10-26-84)62-54-96(43-11-27-85)44-12-28-86)72-68-102(63-55-97(45-13-29-87)46-14-30-88)64-56-98(47-15-31-89)48-16-32-90/h1-90H2. The van der Waals surface area contributed by atoms with Crippen LogP contribution in [-0.4, -0.2) is 448 Å². The smallest absolute Gasteiger partial charge is 0.0110 e. The lowest BCUT2D eigenvalue weighted by molar-refractivity contribution is 0.113. The molecule has 30 heteroatoms. The van der Waals surface area contributed by atoms with Crippen LogP contribution in [0.2, 0.25) is 0 Å². The highest BCUT2D eigenvalue weighted by Gasteiger charge is 2.22. The molecule has 0 aliphatic rings. The van der Waals surface area contributed by atoms with Crippen LogP contribution in [0.3, 0.4) is 0 Å². The molecule has 0 radical (unpaired) electrons. The van der Waals surface area contributed by atoms with Crippen LogP contribution in [0.25, 0.3) is 0 Å². The van der Waals surface area contributed by atoms with Crippen LogP contribution in [-0.2, 0) is 0 Å². The van der Waals surface area contributed by atoms with Crippen LogP contribution in [0, 0.1) is 0 Å². The minimum Gasteiger partial charge on any atom is -0.330 e. The van der Waals surface area contributed by atoms with Gasteiger partial charge in [-0.3, -0.25) is 29.4 Å². The quantitative estimate of drug-likeness (QED) is 0.0271. The van der Waals surface area contributed by atoms with Gasteiger partial charge in [-0.25, -0.2) is 0 Å². The fourth-order valence-corrected chi connectivity index (χ4v) is 13.4. The molecule has 0 unspecified atom stereocenters. The summed E-state index contributed by atoms with van der Waals surface area (Å²) in [5.74, 6) is 0. The van der Waals surface area contributed by atoms with E-state index in [-0.39, 0.29) is 0 Å². The van der Waals surface area contributed by atoms with Gasteiger partial charge in [0.1, 0.15) is 0 Å². The summed E-state index contributed by atoms with van der Waals surface area (Å²) in [7, 11) is 0. The van der Waals surface area contributed by atoms with Gasteiger partial charge in [-0.05, 0) is 312 Å². The van der Waals surface area contributed by atoms with E-state index in [0.29, 0.717) is 105 Å². The molecule has 0 rings (SSSR count). The van der Waals surface area contributed by atoms with Crippen molar-refractivity contribution in [1.29, 1.82) is 0 Å². The third-order valence-corrected chi connectivity index (χ3v) is 20.4. The maximum atomic E-state index is 6.17. The van der Waals surface area contributed by atoms with Gasteiger partial charge in [-0.2, -0.15) is 0 Å². The van der Waals surface area contributed by atoms with Gasteiger partial charge in [-0.1, -0.05) is 0 Å². The van der Waals surface area contributed by atoms with Gasteiger partial charge in [0, 0.05) is 170 Å². The second-order valence-corrected chi connectivity index (χ2v) is 29.1. The van der Waals surface area contributed by atoms with Crippen molar-refractivity contribution in [3.05, 3.63) is 0 Å². The van der Waals surface area contributed by atoms with E-state index in [1.165, 1.54) is 0 Å². The summed E-state index contributed by atoms with van der Waals surface area (Å²) >= 11 is 0. The van der Waals surface area contributed by atoms with Gasteiger partial charge < -0.3 is 131 Å². The van der Waals surface area contributed by atoms with E-state index in [1.54, 1.807) is 0 Å². The largest absolute Gasteiger partial charge is 0.330 e. The summed E-state index contributed by atoms with van der Waals surface area (Å²) in [5.41, 5.74) is 98.7. The van der Waals surface area contributed by atoms with E-state index in [1.807, 2.05) is 0 Å². The number of hydrogen-bond acceptors (Lipinski definition) is 30. The van der Waals surface area contributed by atoms with Crippen LogP contribution in [0.1, 0.15) is 103 Å². The summed E-state index contributed by atoms with van der Waals surface area (Å²) in [5, 5.41) is 0. The molecule has 0 saturated carbocycles. The lowest BCUT2D eigenvalue weighted by atomic mass is 10.2. The fraction of sp³-hybridized carbons (Fsp3) is 1.00. The maximum absolute atomic E-state index is 6.17. The van der Waals surface area contributed by atoms with Crippen LogP contribution in [0.4, 0.5) is 0 Å². The zero-order valence-electron chi connectivity index (χ0n) is 67.8. The highest BCUT2D eigenvalue weighted by molar-refractivity contribution is 4.79. The van der Waals surface area contributed by atoms with Gasteiger partial charge >= 0.3 is 0 Å². The normalized spacial score (nSPS) is 12.6. The van der Waals surface area contributed by atoms with Crippen molar-refractivity contribution in [2.75, 3.05) is 380 Å². The number of nitrogens with zero attached hydrogens (tertiary/aromatic N) is 14. The van der Waals surface area contributed by atoms with Gasteiger partial charge in [-0.15, -0.1) is 0 Å². The minimum atomic E-state index is 0.677. The molecule has 0 amide bonds. The van der Waals surface area contributed by atoms with Crippen molar-refractivity contribution in [3.63, 3.8) is 0 Å². The number of rotatable bonds is 87. The maximum Gasteiger partial charge on any atom is 0.0110 e. The fourth-order valence-electron chi connectivity index (χ4n) is 13.4. The highest BCUT2D eigenvalue weighted by Crippen LogP contribution is 2.09. The van der Waals surface area contributed by atoms with Gasteiger partial charge in [0.15, 0.2) is 0 Å². The average Bonchev–Trinajstić information content (AvgIpc) is 0.924. The van der Waals surface area contributed by atoms with E-state index in [2.05, 4.69) is 68.6 Å². The first-order valence-electron chi connectivity index (χ1n) is 42.3. The van der Waals surface area contributed by atoms with Crippen molar-refractivity contribution in [2.45, 2.75) is 103 Å². The van der Waals surface area contributed by atoms with E-state index in [9.17, 15) is 0 Å². The first kappa shape index (κ1) is 103. The molecule has 0 spiro atoms. The number of hydrogen-bond donors (Lipinski definition) is 16. The van der Waals surface area contributed by atoms with Crippen LogP contribution >= 0.6 is 0 Å². The molecule has 0 aromatic carbocycles. The molecule has 0 aromatic heterocycles. The Hall–Kier alpha value is -1.20. The zero-order chi connectivity index (χ0) is 76.4. The Bertz CT molecular complexity index is 1290. The van der Waals surface area contributed by atoms with Gasteiger partial charge in [0.05, 0.1) is 0 Å². The molecule has 0 fully saturated rings. The van der Waals surface area contributed by atoms with Crippen LogP contribution in [0.15, 0.2) is 0 Å². The van der Waals surface area contributed by atoms with Crippen molar-refractivity contribution >= 4 is 0 Å². The topological polar surface area (TPSA) is 462 Å². The first-order valence-corrected chi connectivity index (χ1v) is 42.3. The molecule has 0 atom stereocenters. The molecule has 104 heavy (non-hydrogen) atoms. The highest BCUT2D eigenvalue weighted by atomic mass is 15.3. The second-order valence-electron chi connectivity index (χ2n) is 29.1. The summed E-state index contributed by atoms with van der Waals surface area (Å²) in [4.78, 5) is 37.4. The van der Waals surface area contributed by atoms with Gasteiger partial charge in [0.2, 0.25) is 0 Å². The molecular weight excluding hydrogens is 1310 g/mol. The molecule has 0 saturated heterocycles. The Morgan fingerprint density at radius 2 is 0.125 bits per heavy atom. The van der Waals surface area contributed by atoms with Crippen molar-refractivity contribution in [3.8, 4) is 0 Å². The predicted molar refractivity (Wildman–Crippen MR) is 449 cm³/mol. The van der Waals surface area contributed by atoms with Crippen molar-refractivity contribution in [1.82, 2.24) is 68.6 Å². The monoisotopic (exact) mass is 1490 g/mol. The average molecular weight is 1490 g/mol. The van der Waals surface area contributed by atoms with E-state index < -0.39 is 0 Å². The molecule has 626 valence electrons.